The number of aryl methyl sites for hydroxylation is 2. The average molecular weight is 339 g/mol. The van der Waals surface area contributed by atoms with E-state index in [4.69, 9.17) is 4.42 Å². The fourth-order valence-electron chi connectivity index (χ4n) is 4.31. The Morgan fingerprint density at radius 2 is 1.96 bits per heavy atom. The van der Waals surface area contributed by atoms with E-state index in [-0.39, 0.29) is 11.9 Å². The summed E-state index contributed by atoms with van der Waals surface area (Å²) < 4.78 is 5.64. The first-order valence-electron chi connectivity index (χ1n) is 9.55. The topological polar surface area (TPSA) is 46.7 Å². The summed E-state index contributed by atoms with van der Waals surface area (Å²) in [7, 11) is 0. The minimum atomic E-state index is 0.105. The van der Waals surface area contributed by atoms with Crippen LogP contribution in [0, 0.1) is 0 Å². The quantitative estimate of drug-likeness (QED) is 0.844. The summed E-state index contributed by atoms with van der Waals surface area (Å²) in [6.07, 6.45) is 8.30. The molecular weight excluding hydrogens is 312 g/mol. The fourth-order valence-corrected chi connectivity index (χ4v) is 4.31. The Hall–Kier alpha value is -2.07. The van der Waals surface area contributed by atoms with Crippen LogP contribution >= 0.6 is 0 Å². The molecule has 4 heteroatoms. The molecule has 1 aliphatic heterocycles. The van der Waals surface area contributed by atoms with E-state index >= 15 is 0 Å². The summed E-state index contributed by atoms with van der Waals surface area (Å²) in [5.41, 5.74) is 4.01. The molecule has 4 rings (SSSR count). The van der Waals surface area contributed by atoms with Gasteiger partial charge >= 0.3 is 0 Å². The highest BCUT2D eigenvalue weighted by Gasteiger charge is 2.29. The van der Waals surface area contributed by atoms with E-state index in [2.05, 4.69) is 23.5 Å². The third kappa shape index (κ3) is 3.79. The van der Waals surface area contributed by atoms with Crippen LogP contribution in [0.25, 0.3) is 0 Å². The van der Waals surface area contributed by atoms with Crippen molar-refractivity contribution in [1.82, 2.24) is 5.32 Å². The molecule has 0 bridgehead atoms. The molecule has 2 aliphatic rings. The van der Waals surface area contributed by atoms with Gasteiger partial charge < -0.3 is 14.6 Å². The number of furan rings is 1. The standard InChI is InChI=1S/C21H26N2O2/c24-21(14-16-8-9-17-5-3-6-18(17)13-16)22-15-19(20-7-4-12-25-20)23-10-1-2-11-23/h4,7-9,12-13,19H,1-3,5-6,10-11,14-15H2,(H,22,24)/p+1/t19-/m1/s1. The molecule has 2 aromatic rings. The molecule has 1 aromatic heterocycles. The molecule has 132 valence electrons. The van der Waals surface area contributed by atoms with E-state index in [0.29, 0.717) is 13.0 Å². The van der Waals surface area contributed by atoms with Crippen molar-refractivity contribution in [3.63, 3.8) is 0 Å². The van der Waals surface area contributed by atoms with Gasteiger partial charge in [-0.25, -0.2) is 0 Å². The Bertz CT molecular complexity index is 718. The van der Waals surface area contributed by atoms with Crippen LogP contribution in [0.2, 0.25) is 0 Å². The van der Waals surface area contributed by atoms with Crippen molar-refractivity contribution in [2.24, 2.45) is 0 Å². The van der Waals surface area contributed by atoms with Gasteiger partial charge in [0.15, 0.2) is 11.8 Å². The fraction of sp³-hybridized carbons (Fsp3) is 0.476. The third-order valence-corrected chi connectivity index (χ3v) is 5.66. The second-order valence-corrected chi connectivity index (χ2v) is 7.37. The minimum Gasteiger partial charge on any atom is -0.463 e. The van der Waals surface area contributed by atoms with Crippen LogP contribution in [0.3, 0.4) is 0 Å². The summed E-state index contributed by atoms with van der Waals surface area (Å²) in [6, 6.07) is 10.7. The monoisotopic (exact) mass is 339 g/mol. The molecule has 0 radical (unpaired) electrons. The summed E-state index contributed by atoms with van der Waals surface area (Å²) in [5.74, 6) is 1.09. The molecule has 1 fully saturated rings. The predicted octanol–water partition coefficient (Wildman–Crippen LogP) is 1.85. The van der Waals surface area contributed by atoms with E-state index in [0.717, 1.165) is 30.8 Å². The summed E-state index contributed by atoms with van der Waals surface area (Å²) in [6.45, 7) is 2.96. The lowest BCUT2D eigenvalue weighted by Crippen LogP contribution is -3.11. The van der Waals surface area contributed by atoms with Crippen LogP contribution < -0.4 is 10.2 Å². The molecule has 2 N–H and O–H groups in total. The maximum absolute atomic E-state index is 12.5. The zero-order chi connectivity index (χ0) is 17.1. The predicted molar refractivity (Wildman–Crippen MR) is 96.6 cm³/mol. The molecule has 0 saturated carbocycles. The van der Waals surface area contributed by atoms with E-state index in [1.165, 1.54) is 41.7 Å². The van der Waals surface area contributed by atoms with E-state index in [9.17, 15) is 4.79 Å². The summed E-state index contributed by atoms with van der Waals surface area (Å²) >= 11 is 0. The van der Waals surface area contributed by atoms with Crippen LogP contribution in [0.1, 0.15) is 47.8 Å². The number of likely N-dealkylation sites (tertiary alicyclic amines) is 1. The lowest BCUT2D eigenvalue weighted by atomic mass is 10.0. The molecule has 25 heavy (non-hydrogen) atoms. The number of benzene rings is 1. The van der Waals surface area contributed by atoms with Crippen molar-refractivity contribution in [3.05, 3.63) is 59.0 Å². The van der Waals surface area contributed by atoms with Crippen LogP contribution in [-0.4, -0.2) is 25.5 Å². The van der Waals surface area contributed by atoms with Gasteiger partial charge in [0, 0.05) is 12.8 Å². The summed E-state index contributed by atoms with van der Waals surface area (Å²) in [5, 5.41) is 3.14. The van der Waals surface area contributed by atoms with Crippen LogP contribution in [0.5, 0.6) is 0 Å². The Morgan fingerprint density at radius 1 is 1.12 bits per heavy atom. The highest BCUT2D eigenvalue weighted by atomic mass is 16.3. The number of hydrogen-bond donors (Lipinski definition) is 2. The molecule has 1 saturated heterocycles. The SMILES string of the molecule is O=C(Cc1ccc2c(c1)CCC2)NC[C@H](c1ccco1)[NH+]1CCCC1. The second-order valence-electron chi connectivity index (χ2n) is 7.37. The number of fused-ring (bicyclic) bond motifs is 1. The van der Waals surface area contributed by atoms with Crippen LogP contribution in [0.4, 0.5) is 0 Å². The smallest absolute Gasteiger partial charge is 0.224 e. The maximum atomic E-state index is 12.5. The molecule has 0 spiro atoms. The minimum absolute atomic E-state index is 0.105. The van der Waals surface area contributed by atoms with Gasteiger partial charge in [-0.3, -0.25) is 4.79 Å². The van der Waals surface area contributed by atoms with Gasteiger partial charge in [0.2, 0.25) is 5.91 Å². The van der Waals surface area contributed by atoms with Gasteiger partial charge in [0.1, 0.15) is 0 Å². The molecular formula is C21H27N2O2+. The largest absolute Gasteiger partial charge is 0.463 e. The number of carbonyl (C=O) groups excluding carboxylic acids is 1. The Labute approximate surface area is 149 Å². The van der Waals surface area contributed by atoms with E-state index in [1.807, 2.05) is 12.1 Å². The first-order chi connectivity index (χ1) is 12.3. The van der Waals surface area contributed by atoms with Crippen LogP contribution in [-0.2, 0) is 24.1 Å². The van der Waals surface area contributed by atoms with Gasteiger partial charge in [-0.2, -0.15) is 0 Å². The highest BCUT2D eigenvalue weighted by Crippen LogP contribution is 2.23. The van der Waals surface area contributed by atoms with Gasteiger partial charge in [-0.05, 0) is 48.1 Å². The van der Waals surface area contributed by atoms with Crippen molar-refractivity contribution in [1.29, 1.82) is 0 Å². The number of rotatable bonds is 6. The molecule has 4 nitrogen and oxygen atoms in total. The molecule has 1 atom stereocenters. The molecule has 2 heterocycles. The third-order valence-electron chi connectivity index (χ3n) is 5.66. The number of quaternary nitrogens is 1. The van der Waals surface area contributed by atoms with Crippen LogP contribution in [0.15, 0.2) is 41.0 Å². The highest BCUT2D eigenvalue weighted by molar-refractivity contribution is 5.78. The van der Waals surface area contributed by atoms with Gasteiger partial charge in [-0.1, -0.05) is 18.2 Å². The zero-order valence-corrected chi connectivity index (χ0v) is 14.7. The first kappa shape index (κ1) is 16.4. The Balaban J connectivity index is 1.36. The molecule has 1 aromatic carbocycles. The van der Waals surface area contributed by atoms with Gasteiger partial charge in [-0.15, -0.1) is 0 Å². The number of amides is 1. The zero-order valence-electron chi connectivity index (χ0n) is 14.7. The Kier molecular flexibility index (Phi) is 4.88. The van der Waals surface area contributed by atoms with Crippen molar-refractivity contribution in [3.8, 4) is 0 Å². The summed E-state index contributed by atoms with van der Waals surface area (Å²) in [4.78, 5) is 14.0. The molecule has 0 unspecified atom stereocenters. The normalized spacial score (nSPS) is 18.2. The van der Waals surface area contributed by atoms with Crippen molar-refractivity contribution in [2.45, 2.75) is 44.6 Å². The lowest BCUT2D eigenvalue weighted by Gasteiger charge is -2.23. The number of carbonyl (C=O) groups is 1. The van der Waals surface area contributed by atoms with E-state index in [1.54, 1.807) is 6.26 Å². The van der Waals surface area contributed by atoms with Crippen molar-refractivity contribution in [2.75, 3.05) is 19.6 Å². The second kappa shape index (κ2) is 7.44. The first-order valence-corrected chi connectivity index (χ1v) is 9.55. The maximum Gasteiger partial charge on any atom is 0.224 e. The lowest BCUT2D eigenvalue weighted by molar-refractivity contribution is -0.919. The molecule has 1 amide bonds. The van der Waals surface area contributed by atoms with Gasteiger partial charge in [0.25, 0.3) is 0 Å². The average Bonchev–Trinajstić information content (AvgIpc) is 3.37. The van der Waals surface area contributed by atoms with Crippen molar-refractivity contribution < 1.29 is 14.1 Å². The molecule has 1 aliphatic carbocycles. The number of hydrogen-bond acceptors (Lipinski definition) is 2. The van der Waals surface area contributed by atoms with E-state index < -0.39 is 0 Å². The Morgan fingerprint density at radius 3 is 2.76 bits per heavy atom. The van der Waals surface area contributed by atoms with Crippen molar-refractivity contribution >= 4 is 5.91 Å². The number of nitrogens with one attached hydrogen (secondary N) is 2. The van der Waals surface area contributed by atoms with Gasteiger partial charge in [0.05, 0.1) is 32.3 Å².